The van der Waals surface area contributed by atoms with Crippen LogP contribution in [0.1, 0.15) is 17.0 Å². The molecule has 2 aromatic heterocycles. The second-order valence-electron chi connectivity index (χ2n) is 7.27. The second-order valence-corrected chi connectivity index (χ2v) is 7.27. The van der Waals surface area contributed by atoms with Crippen LogP contribution in [0.2, 0.25) is 0 Å². The van der Waals surface area contributed by atoms with Crippen LogP contribution in [0.3, 0.4) is 0 Å². The average molecular weight is 432 g/mol. The van der Waals surface area contributed by atoms with Gasteiger partial charge in [0.1, 0.15) is 6.61 Å². The third-order valence-corrected chi connectivity index (χ3v) is 5.26. The van der Waals surface area contributed by atoms with E-state index < -0.39 is 12.0 Å². The molecule has 2 heterocycles. The zero-order valence-electron chi connectivity index (χ0n) is 17.5. The Kier molecular flexibility index (Phi) is 6.18. The number of rotatable bonds is 7. The molecule has 164 valence electrons. The summed E-state index contributed by atoms with van der Waals surface area (Å²) in [5, 5.41) is 13.2. The van der Waals surface area contributed by atoms with Crippen LogP contribution in [-0.4, -0.2) is 40.8 Å². The largest absolute Gasteiger partial charge is 0.445 e. The number of amides is 2. The Hall–Kier alpha value is -4.11. The normalized spacial score (nSPS) is 11.8. The molecule has 0 aliphatic carbocycles. The van der Waals surface area contributed by atoms with Crippen molar-refractivity contribution in [3.05, 3.63) is 72.2 Å². The summed E-state index contributed by atoms with van der Waals surface area (Å²) >= 11 is 0. The first-order chi connectivity index (χ1) is 15.6. The number of nitrogens with two attached hydrogens (primary N) is 1. The fraction of sp³-hybridized carbons (Fsp3) is 0.174. The number of fused-ring (bicyclic) bond motifs is 1. The maximum absolute atomic E-state index is 13.1. The predicted octanol–water partition coefficient (Wildman–Crippen LogP) is 3.09. The number of carbonyl (C=O) groups is 2. The van der Waals surface area contributed by atoms with Gasteiger partial charge in [-0.2, -0.15) is 5.10 Å². The van der Waals surface area contributed by atoms with Crippen molar-refractivity contribution in [3.63, 3.8) is 0 Å². The van der Waals surface area contributed by atoms with Gasteiger partial charge < -0.3 is 26.1 Å². The van der Waals surface area contributed by atoms with Gasteiger partial charge in [0.2, 0.25) is 5.91 Å². The van der Waals surface area contributed by atoms with E-state index in [0.29, 0.717) is 5.69 Å². The first-order valence-corrected chi connectivity index (χ1v) is 10.1. The van der Waals surface area contributed by atoms with E-state index in [9.17, 15) is 9.59 Å². The lowest BCUT2D eigenvalue weighted by Crippen LogP contribution is -2.27. The maximum atomic E-state index is 13.1. The number of carbonyl (C=O) groups excluding carboxylic acids is 2. The zero-order valence-corrected chi connectivity index (χ0v) is 17.5. The summed E-state index contributed by atoms with van der Waals surface area (Å²) in [4.78, 5) is 27.7. The van der Waals surface area contributed by atoms with Crippen molar-refractivity contribution in [1.29, 1.82) is 0 Å². The quantitative estimate of drug-likeness (QED) is 0.305. The molecular formula is C23H24N6O3. The lowest BCUT2D eigenvalue weighted by molar-refractivity contribution is -0.117. The number of aromatic amines is 2. The molecule has 0 saturated heterocycles. The fourth-order valence-electron chi connectivity index (χ4n) is 3.63. The van der Waals surface area contributed by atoms with Crippen molar-refractivity contribution < 1.29 is 14.3 Å². The second kappa shape index (κ2) is 9.36. The molecule has 4 aromatic rings. The summed E-state index contributed by atoms with van der Waals surface area (Å²) in [7, 11) is 1.50. The molecule has 0 spiro atoms. The molecule has 0 fully saturated rings. The van der Waals surface area contributed by atoms with Crippen LogP contribution in [0.4, 0.5) is 10.5 Å². The number of hydrogen-bond donors (Lipinski definition) is 5. The third kappa shape index (κ3) is 4.33. The van der Waals surface area contributed by atoms with Gasteiger partial charge >= 0.3 is 6.09 Å². The molecule has 9 heteroatoms. The van der Waals surface area contributed by atoms with E-state index in [1.807, 2.05) is 54.9 Å². The summed E-state index contributed by atoms with van der Waals surface area (Å²) in [6.45, 7) is 0.234. The lowest BCUT2D eigenvalue weighted by Gasteiger charge is -2.17. The Morgan fingerprint density at radius 2 is 2.03 bits per heavy atom. The van der Waals surface area contributed by atoms with Crippen LogP contribution >= 0.6 is 0 Å². The van der Waals surface area contributed by atoms with E-state index in [1.165, 1.54) is 7.05 Å². The topological polar surface area (TPSA) is 138 Å². The van der Waals surface area contributed by atoms with Gasteiger partial charge in [0.05, 0.1) is 23.3 Å². The highest BCUT2D eigenvalue weighted by Crippen LogP contribution is 2.32. The highest BCUT2D eigenvalue weighted by molar-refractivity contribution is 6.07. The summed E-state index contributed by atoms with van der Waals surface area (Å²) < 4.78 is 5.09. The van der Waals surface area contributed by atoms with Gasteiger partial charge in [-0.15, -0.1) is 0 Å². The highest BCUT2D eigenvalue weighted by Gasteiger charge is 2.21. The number of ether oxygens (including phenoxy) is 1. The number of benzene rings is 2. The number of H-pyrrole nitrogens is 2. The Morgan fingerprint density at radius 3 is 2.78 bits per heavy atom. The van der Waals surface area contributed by atoms with Gasteiger partial charge in [0.25, 0.3) is 0 Å². The Labute approximate surface area is 184 Å². The van der Waals surface area contributed by atoms with Crippen LogP contribution in [0.15, 0.2) is 61.1 Å². The highest BCUT2D eigenvalue weighted by atomic mass is 16.5. The number of alkyl carbamates (subject to hydrolysis) is 1. The van der Waals surface area contributed by atoms with E-state index in [4.69, 9.17) is 10.5 Å². The van der Waals surface area contributed by atoms with Gasteiger partial charge in [0, 0.05) is 42.5 Å². The molecule has 0 radical (unpaired) electrons. The number of nitrogens with one attached hydrogen (secondary N) is 4. The molecule has 4 rings (SSSR count). The van der Waals surface area contributed by atoms with Crippen LogP contribution in [-0.2, 0) is 16.1 Å². The SMILES string of the molecule is CNC(=O)OCc1cccc(C(CN)C(=O)Nc2cccc3c(-c4cn[nH]c4)c[nH]c23)c1. The standard InChI is InChI=1S/C23H24N6O3/c1-25-23(31)32-13-14-4-2-5-15(8-14)18(9-24)22(30)29-20-7-3-6-17-19(12-26-21(17)20)16-10-27-28-11-16/h2-8,10-12,18,26H,9,13,24H2,1H3,(H,25,31)(H,27,28)(H,29,30). The van der Waals surface area contributed by atoms with E-state index in [-0.39, 0.29) is 19.1 Å². The minimum atomic E-state index is -0.562. The Morgan fingerprint density at radius 1 is 1.19 bits per heavy atom. The number of aromatic nitrogens is 3. The van der Waals surface area contributed by atoms with Crippen molar-refractivity contribution in [3.8, 4) is 11.1 Å². The van der Waals surface area contributed by atoms with E-state index >= 15 is 0 Å². The summed E-state index contributed by atoms with van der Waals surface area (Å²) in [5.74, 6) is -0.780. The van der Waals surface area contributed by atoms with E-state index in [0.717, 1.165) is 33.2 Å². The van der Waals surface area contributed by atoms with E-state index in [1.54, 1.807) is 6.20 Å². The predicted molar refractivity (Wildman–Crippen MR) is 122 cm³/mol. The Balaban J connectivity index is 1.55. The monoisotopic (exact) mass is 432 g/mol. The van der Waals surface area contributed by atoms with Crippen molar-refractivity contribution in [2.24, 2.45) is 5.73 Å². The molecule has 32 heavy (non-hydrogen) atoms. The maximum Gasteiger partial charge on any atom is 0.407 e. The summed E-state index contributed by atoms with van der Waals surface area (Å²) in [6, 6.07) is 13.0. The molecule has 0 aliphatic rings. The summed E-state index contributed by atoms with van der Waals surface area (Å²) in [6.07, 6.45) is 4.94. The van der Waals surface area contributed by atoms with Crippen molar-refractivity contribution in [2.45, 2.75) is 12.5 Å². The smallest absolute Gasteiger partial charge is 0.407 e. The zero-order chi connectivity index (χ0) is 22.5. The molecule has 0 aliphatic heterocycles. The van der Waals surface area contributed by atoms with Crippen molar-refractivity contribution >= 4 is 28.6 Å². The van der Waals surface area contributed by atoms with Gasteiger partial charge in [-0.05, 0) is 17.2 Å². The van der Waals surface area contributed by atoms with E-state index in [2.05, 4.69) is 25.8 Å². The molecule has 0 saturated carbocycles. The minimum absolute atomic E-state index is 0.102. The number of hydrogen-bond acceptors (Lipinski definition) is 5. The minimum Gasteiger partial charge on any atom is -0.445 e. The molecule has 2 amide bonds. The Bertz CT molecular complexity index is 1230. The van der Waals surface area contributed by atoms with Crippen LogP contribution < -0.4 is 16.4 Å². The number of para-hydroxylation sites is 1. The third-order valence-electron chi connectivity index (χ3n) is 5.26. The number of anilines is 1. The molecule has 1 unspecified atom stereocenters. The fourth-order valence-corrected chi connectivity index (χ4v) is 3.63. The van der Waals surface area contributed by atoms with Crippen molar-refractivity contribution in [2.75, 3.05) is 18.9 Å². The lowest BCUT2D eigenvalue weighted by atomic mass is 9.96. The molecule has 0 bridgehead atoms. The van der Waals surface area contributed by atoms with Gasteiger partial charge in [0.15, 0.2) is 0 Å². The first-order valence-electron chi connectivity index (χ1n) is 10.1. The molecule has 1 atom stereocenters. The molecule has 9 nitrogen and oxygen atoms in total. The van der Waals surface area contributed by atoms with Gasteiger partial charge in [-0.1, -0.05) is 36.4 Å². The van der Waals surface area contributed by atoms with Gasteiger partial charge in [-0.25, -0.2) is 4.79 Å². The molecule has 6 N–H and O–H groups in total. The van der Waals surface area contributed by atoms with Crippen LogP contribution in [0.25, 0.3) is 22.0 Å². The molecular weight excluding hydrogens is 408 g/mol. The first kappa shape index (κ1) is 21.1. The van der Waals surface area contributed by atoms with Crippen molar-refractivity contribution in [1.82, 2.24) is 20.5 Å². The molecule has 2 aromatic carbocycles. The van der Waals surface area contributed by atoms with Crippen LogP contribution in [0, 0.1) is 0 Å². The van der Waals surface area contributed by atoms with Gasteiger partial charge in [-0.3, -0.25) is 9.89 Å². The average Bonchev–Trinajstić information content (AvgIpc) is 3.48. The summed E-state index contributed by atoms with van der Waals surface area (Å²) in [5.41, 5.74) is 10.9. The number of nitrogens with zero attached hydrogens (tertiary/aromatic N) is 1. The van der Waals surface area contributed by atoms with Crippen LogP contribution in [0.5, 0.6) is 0 Å².